The van der Waals surface area contributed by atoms with Crippen molar-refractivity contribution >= 4 is 0 Å². The summed E-state index contributed by atoms with van der Waals surface area (Å²) in [7, 11) is 0. The summed E-state index contributed by atoms with van der Waals surface area (Å²) >= 11 is 0. The Kier molecular flexibility index (Phi) is 4.20. The summed E-state index contributed by atoms with van der Waals surface area (Å²) in [6, 6.07) is 11.5. The molecule has 14 heavy (non-hydrogen) atoms. The zero-order valence-corrected chi connectivity index (χ0v) is 7.83. The lowest BCUT2D eigenvalue weighted by Gasteiger charge is -2.01. The van der Waals surface area contributed by atoms with Crippen LogP contribution in [-0.2, 0) is 6.54 Å². The second kappa shape index (κ2) is 5.75. The predicted molar refractivity (Wildman–Crippen MR) is 53.1 cm³/mol. The van der Waals surface area contributed by atoms with Crippen molar-refractivity contribution in [2.24, 2.45) is 0 Å². The number of hydrogen-bond donors (Lipinski definition) is 1. The smallest absolute Gasteiger partial charge is 0.0991 e. The Hall–Kier alpha value is -1.84. The molecule has 0 atom stereocenters. The first-order valence-electron chi connectivity index (χ1n) is 4.43. The highest BCUT2D eigenvalue weighted by Crippen LogP contribution is 2.02. The maximum absolute atomic E-state index is 8.57. The van der Waals surface area contributed by atoms with E-state index >= 15 is 0 Å². The Morgan fingerprint density at radius 3 is 2.43 bits per heavy atom. The Bertz CT molecular complexity index is 354. The molecule has 1 rings (SSSR count). The van der Waals surface area contributed by atoms with Crippen LogP contribution in [0.5, 0.6) is 0 Å². The molecular formula is C11H11N3. The van der Waals surface area contributed by atoms with Gasteiger partial charge in [0.05, 0.1) is 17.7 Å². The molecule has 0 saturated carbocycles. The maximum atomic E-state index is 8.57. The van der Waals surface area contributed by atoms with E-state index in [1.165, 1.54) is 0 Å². The summed E-state index contributed by atoms with van der Waals surface area (Å²) in [4.78, 5) is 0. The summed E-state index contributed by atoms with van der Waals surface area (Å²) in [6.45, 7) is 1.45. The third-order valence-corrected chi connectivity index (χ3v) is 1.83. The molecule has 0 spiro atoms. The number of rotatable bonds is 4. The topological polar surface area (TPSA) is 59.6 Å². The number of hydrogen-bond acceptors (Lipinski definition) is 3. The van der Waals surface area contributed by atoms with E-state index in [0.717, 1.165) is 12.1 Å². The molecule has 1 N–H and O–H groups in total. The van der Waals surface area contributed by atoms with Crippen LogP contribution in [0.4, 0.5) is 0 Å². The van der Waals surface area contributed by atoms with E-state index in [9.17, 15) is 0 Å². The molecule has 70 valence electrons. The third kappa shape index (κ3) is 3.26. The van der Waals surface area contributed by atoms with Crippen LogP contribution in [0.25, 0.3) is 0 Å². The Morgan fingerprint density at radius 2 is 1.86 bits per heavy atom. The predicted octanol–water partition coefficient (Wildman–Crippen LogP) is 1.56. The molecule has 3 nitrogen and oxygen atoms in total. The summed E-state index contributed by atoms with van der Waals surface area (Å²) < 4.78 is 0. The fraction of sp³-hybridized carbons (Fsp3) is 0.273. The van der Waals surface area contributed by atoms with E-state index in [1.807, 2.05) is 12.1 Å². The summed E-state index contributed by atoms with van der Waals surface area (Å²) in [6.07, 6.45) is 0.524. The van der Waals surface area contributed by atoms with Crippen molar-refractivity contribution in [3.05, 3.63) is 35.4 Å². The number of nitrogens with zero attached hydrogens (tertiary/aromatic N) is 2. The van der Waals surface area contributed by atoms with Gasteiger partial charge in [0, 0.05) is 19.5 Å². The van der Waals surface area contributed by atoms with Gasteiger partial charge in [-0.15, -0.1) is 0 Å². The summed E-state index contributed by atoms with van der Waals surface area (Å²) in [5.74, 6) is 0. The van der Waals surface area contributed by atoms with Crippen LogP contribution in [0.3, 0.4) is 0 Å². The van der Waals surface area contributed by atoms with Crippen LogP contribution in [0.1, 0.15) is 17.5 Å². The molecule has 0 radical (unpaired) electrons. The zero-order chi connectivity index (χ0) is 10.2. The first-order chi connectivity index (χ1) is 6.86. The molecule has 0 amide bonds. The first kappa shape index (κ1) is 10.2. The molecule has 0 heterocycles. The van der Waals surface area contributed by atoms with Gasteiger partial charge in [0.25, 0.3) is 0 Å². The van der Waals surface area contributed by atoms with Crippen LogP contribution in [0.2, 0.25) is 0 Å². The summed E-state index contributed by atoms with van der Waals surface area (Å²) in [5, 5.41) is 20.0. The molecule has 3 heteroatoms. The average Bonchev–Trinajstić information content (AvgIpc) is 2.25. The van der Waals surface area contributed by atoms with E-state index in [2.05, 4.69) is 17.5 Å². The number of nitriles is 2. The van der Waals surface area contributed by atoms with Gasteiger partial charge < -0.3 is 5.32 Å². The monoisotopic (exact) mass is 185 g/mol. The molecular weight excluding hydrogens is 174 g/mol. The molecule has 0 bridgehead atoms. The highest BCUT2D eigenvalue weighted by atomic mass is 14.8. The van der Waals surface area contributed by atoms with Gasteiger partial charge in [-0.3, -0.25) is 0 Å². The van der Waals surface area contributed by atoms with Gasteiger partial charge in [0.15, 0.2) is 0 Å². The van der Waals surface area contributed by atoms with Crippen LogP contribution in [0, 0.1) is 22.7 Å². The van der Waals surface area contributed by atoms with Gasteiger partial charge >= 0.3 is 0 Å². The van der Waals surface area contributed by atoms with E-state index in [4.69, 9.17) is 10.5 Å². The van der Waals surface area contributed by atoms with E-state index < -0.39 is 0 Å². The van der Waals surface area contributed by atoms with Crippen LogP contribution in [-0.4, -0.2) is 6.54 Å². The van der Waals surface area contributed by atoms with E-state index in [0.29, 0.717) is 18.5 Å². The van der Waals surface area contributed by atoms with E-state index in [-0.39, 0.29) is 0 Å². The van der Waals surface area contributed by atoms with Crippen LogP contribution in [0.15, 0.2) is 24.3 Å². The minimum atomic E-state index is 0.524. The van der Waals surface area contributed by atoms with Gasteiger partial charge in [-0.2, -0.15) is 10.5 Å². The van der Waals surface area contributed by atoms with Crippen LogP contribution < -0.4 is 5.32 Å². The Balaban J connectivity index is 2.38. The fourth-order valence-corrected chi connectivity index (χ4v) is 1.07. The molecule has 0 saturated heterocycles. The van der Waals surface area contributed by atoms with Crippen molar-refractivity contribution in [3.63, 3.8) is 0 Å². The first-order valence-corrected chi connectivity index (χ1v) is 4.43. The minimum absolute atomic E-state index is 0.524. The van der Waals surface area contributed by atoms with Gasteiger partial charge in [-0.25, -0.2) is 0 Å². The molecule has 0 aliphatic carbocycles. The second-order valence-electron chi connectivity index (χ2n) is 2.89. The van der Waals surface area contributed by atoms with Crippen molar-refractivity contribution in [1.29, 1.82) is 10.5 Å². The second-order valence-corrected chi connectivity index (χ2v) is 2.89. The lowest BCUT2D eigenvalue weighted by Crippen LogP contribution is -2.13. The molecule has 1 aromatic rings. The lowest BCUT2D eigenvalue weighted by atomic mass is 10.1. The molecule has 0 aliphatic rings. The summed E-state index contributed by atoms with van der Waals surface area (Å²) in [5.41, 5.74) is 1.80. The Labute approximate surface area is 83.6 Å². The number of nitrogens with one attached hydrogen (secondary N) is 1. The SMILES string of the molecule is N#CCCNCc1ccc(C#N)cc1. The fourth-order valence-electron chi connectivity index (χ4n) is 1.07. The minimum Gasteiger partial charge on any atom is -0.312 e. The highest BCUT2D eigenvalue weighted by Gasteiger charge is 1.92. The van der Waals surface area contributed by atoms with Crippen molar-refractivity contribution in [2.75, 3.05) is 6.54 Å². The third-order valence-electron chi connectivity index (χ3n) is 1.83. The molecule has 0 fully saturated rings. The van der Waals surface area contributed by atoms with Crippen molar-refractivity contribution in [2.45, 2.75) is 13.0 Å². The van der Waals surface area contributed by atoms with Crippen molar-refractivity contribution in [1.82, 2.24) is 5.32 Å². The lowest BCUT2D eigenvalue weighted by molar-refractivity contribution is 0.699. The normalized spacial score (nSPS) is 9.00. The van der Waals surface area contributed by atoms with Crippen molar-refractivity contribution in [3.8, 4) is 12.1 Å². The number of benzene rings is 1. The van der Waals surface area contributed by atoms with Gasteiger partial charge in [-0.05, 0) is 17.7 Å². The quantitative estimate of drug-likeness (QED) is 0.724. The molecule has 0 aliphatic heterocycles. The largest absolute Gasteiger partial charge is 0.312 e. The van der Waals surface area contributed by atoms with Crippen LogP contribution >= 0.6 is 0 Å². The maximum Gasteiger partial charge on any atom is 0.0991 e. The standard InChI is InChI=1S/C11H11N3/c12-6-1-7-14-9-11-4-2-10(8-13)3-5-11/h2-5,14H,1,7,9H2. The van der Waals surface area contributed by atoms with Gasteiger partial charge in [-0.1, -0.05) is 12.1 Å². The van der Waals surface area contributed by atoms with Crippen molar-refractivity contribution < 1.29 is 0 Å². The van der Waals surface area contributed by atoms with E-state index in [1.54, 1.807) is 12.1 Å². The molecule has 1 aromatic carbocycles. The molecule has 0 aromatic heterocycles. The molecule has 0 unspecified atom stereocenters. The van der Waals surface area contributed by atoms with Gasteiger partial charge in [0.2, 0.25) is 0 Å². The zero-order valence-electron chi connectivity index (χ0n) is 7.83. The highest BCUT2D eigenvalue weighted by molar-refractivity contribution is 5.31. The Morgan fingerprint density at radius 1 is 1.14 bits per heavy atom. The van der Waals surface area contributed by atoms with Gasteiger partial charge in [0.1, 0.15) is 0 Å². The average molecular weight is 185 g/mol.